The zero-order valence-electron chi connectivity index (χ0n) is 7.26. The molecule has 3 heteroatoms. The monoisotopic (exact) mass is 304 g/mol. The largest absolute Gasteiger partial charge is 0.497 e. The Morgan fingerprint density at radius 3 is 2.23 bits per heavy atom. The van der Waals surface area contributed by atoms with Crippen molar-refractivity contribution < 1.29 is 4.74 Å². The minimum absolute atomic E-state index is 0.147. The molecule has 1 aliphatic rings. The Kier molecular flexibility index (Phi) is 2.41. The molecule has 0 amide bonds. The third kappa shape index (κ3) is 1.91. The normalized spacial score (nSPS) is 24.1. The van der Waals surface area contributed by atoms with E-state index in [9.17, 15) is 0 Å². The van der Waals surface area contributed by atoms with E-state index in [1.54, 1.807) is 7.11 Å². The fourth-order valence-corrected chi connectivity index (χ4v) is 2.59. The third-order valence-corrected chi connectivity index (χ3v) is 4.10. The molecule has 1 atom stereocenters. The lowest BCUT2D eigenvalue weighted by Crippen LogP contribution is -1.88. The lowest BCUT2D eigenvalue weighted by atomic mass is 10.1. The van der Waals surface area contributed by atoms with Crippen LogP contribution in [0.1, 0.15) is 17.9 Å². The van der Waals surface area contributed by atoms with Gasteiger partial charge in [-0.25, -0.2) is 0 Å². The van der Waals surface area contributed by atoms with Crippen LogP contribution in [0.2, 0.25) is 0 Å². The van der Waals surface area contributed by atoms with Crippen LogP contribution in [0, 0.1) is 0 Å². The number of benzene rings is 1. The highest BCUT2D eigenvalue weighted by molar-refractivity contribution is 9.25. The van der Waals surface area contributed by atoms with Crippen molar-refractivity contribution in [3.63, 3.8) is 0 Å². The van der Waals surface area contributed by atoms with E-state index in [1.807, 2.05) is 12.1 Å². The van der Waals surface area contributed by atoms with Crippen LogP contribution in [-0.4, -0.2) is 10.3 Å². The maximum atomic E-state index is 5.10. The average Bonchev–Trinajstić information content (AvgIpc) is 2.76. The zero-order valence-corrected chi connectivity index (χ0v) is 10.4. The first-order valence-electron chi connectivity index (χ1n) is 4.15. The molecule has 0 aromatic heterocycles. The molecule has 1 unspecified atom stereocenters. The molecule has 0 heterocycles. The van der Waals surface area contributed by atoms with Gasteiger partial charge in [-0.05, 0) is 24.1 Å². The van der Waals surface area contributed by atoms with Gasteiger partial charge in [-0.1, -0.05) is 44.0 Å². The molecule has 0 bridgehead atoms. The molecule has 1 aliphatic carbocycles. The SMILES string of the molecule is COc1ccc(C2CC2(Br)Br)cc1. The molecule has 0 aliphatic heterocycles. The number of halogens is 2. The number of alkyl halides is 2. The number of ether oxygens (including phenoxy) is 1. The maximum absolute atomic E-state index is 5.10. The van der Waals surface area contributed by atoms with Crippen LogP contribution in [0.3, 0.4) is 0 Å². The smallest absolute Gasteiger partial charge is 0.118 e. The molecule has 0 N–H and O–H groups in total. The van der Waals surface area contributed by atoms with Crippen LogP contribution in [0.4, 0.5) is 0 Å². The van der Waals surface area contributed by atoms with Crippen molar-refractivity contribution in [1.82, 2.24) is 0 Å². The zero-order chi connectivity index (χ0) is 9.47. The van der Waals surface area contributed by atoms with Gasteiger partial charge in [0, 0.05) is 5.92 Å². The minimum atomic E-state index is 0.147. The van der Waals surface area contributed by atoms with E-state index in [-0.39, 0.29) is 3.23 Å². The maximum Gasteiger partial charge on any atom is 0.118 e. The molecule has 1 nitrogen and oxygen atoms in total. The van der Waals surface area contributed by atoms with E-state index >= 15 is 0 Å². The Balaban J connectivity index is 2.16. The van der Waals surface area contributed by atoms with Gasteiger partial charge in [0.1, 0.15) is 5.75 Å². The minimum Gasteiger partial charge on any atom is -0.497 e. The summed E-state index contributed by atoms with van der Waals surface area (Å²) in [5.74, 6) is 1.51. The molecular weight excluding hydrogens is 296 g/mol. The average molecular weight is 306 g/mol. The second-order valence-corrected chi connectivity index (χ2v) is 7.19. The number of methoxy groups -OCH3 is 1. The quantitative estimate of drug-likeness (QED) is 0.758. The molecule has 0 saturated heterocycles. The van der Waals surface area contributed by atoms with Crippen LogP contribution in [0.15, 0.2) is 24.3 Å². The highest BCUT2D eigenvalue weighted by Gasteiger charge is 2.50. The molecule has 1 saturated carbocycles. The van der Waals surface area contributed by atoms with Crippen LogP contribution in [0.5, 0.6) is 5.75 Å². The Morgan fingerprint density at radius 2 is 1.85 bits per heavy atom. The van der Waals surface area contributed by atoms with Crippen molar-refractivity contribution in [3.8, 4) is 5.75 Å². The lowest BCUT2D eigenvalue weighted by Gasteiger charge is -2.03. The molecule has 13 heavy (non-hydrogen) atoms. The fourth-order valence-electron chi connectivity index (χ4n) is 1.41. The van der Waals surface area contributed by atoms with Crippen molar-refractivity contribution >= 4 is 31.9 Å². The molecule has 1 fully saturated rings. The van der Waals surface area contributed by atoms with Gasteiger partial charge in [0.2, 0.25) is 0 Å². The summed E-state index contributed by atoms with van der Waals surface area (Å²) in [7, 11) is 1.69. The first-order valence-corrected chi connectivity index (χ1v) is 5.74. The van der Waals surface area contributed by atoms with Gasteiger partial charge < -0.3 is 4.74 Å². The van der Waals surface area contributed by atoms with Crippen molar-refractivity contribution in [3.05, 3.63) is 29.8 Å². The van der Waals surface area contributed by atoms with Gasteiger partial charge in [0.05, 0.1) is 10.3 Å². The van der Waals surface area contributed by atoms with Crippen molar-refractivity contribution in [2.45, 2.75) is 15.6 Å². The molecule has 0 spiro atoms. The van der Waals surface area contributed by atoms with Crippen LogP contribution in [-0.2, 0) is 0 Å². The van der Waals surface area contributed by atoms with Gasteiger partial charge in [0.25, 0.3) is 0 Å². The third-order valence-electron chi connectivity index (χ3n) is 2.34. The van der Waals surface area contributed by atoms with E-state index in [1.165, 1.54) is 5.56 Å². The number of hydrogen-bond donors (Lipinski definition) is 0. The van der Waals surface area contributed by atoms with Crippen molar-refractivity contribution in [1.29, 1.82) is 0 Å². The van der Waals surface area contributed by atoms with Crippen molar-refractivity contribution in [2.24, 2.45) is 0 Å². The highest BCUT2D eigenvalue weighted by Crippen LogP contribution is 2.62. The molecular formula is C10H10Br2O. The van der Waals surface area contributed by atoms with E-state index < -0.39 is 0 Å². The predicted octanol–water partition coefficient (Wildman–Crippen LogP) is 3.67. The van der Waals surface area contributed by atoms with Crippen LogP contribution in [0.25, 0.3) is 0 Å². The van der Waals surface area contributed by atoms with Gasteiger partial charge in [-0.15, -0.1) is 0 Å². The van der Waals surface area contributed by atoms with Crippen LogP contribution < -0.4 is 4.74 Å². The Morgan fingerprint density at radius 1 is 1.31 bits per heavy atom. The van der Waals surface area contributed by atoms with E-state index in [0.717, 1.165) is 12.2 Å². The van der Waals surface area contributed by atoms with E-state index in [0.29, 0.717) is 5.92 Å². The van der Waals surface area contributed by atoms with Crippen molar-refractivity contribution in [2.75, 3.05) is 7.11 Å². The Bertz CT molecular complexity index is 305. The van der Waals surface area contributed by atoms with Gasteiger partial charge >= 0.3 is 0 Å². The lowest BCUT2D eigenvalue weighted by molar-refractivity contribution is 0.414. The Hall–Kier alpha value is -0.0200. The van der Waals surface area contributed by atoms with Crippen LogP contribution >= 0.6 is 31.9 Å². The molecule has 1 aromatic rings. The summed E-state index contributed by atoms with van der Waals surface area (Å²) in [6.45, 7) is 0. The predicted molar refractivity (Wildman–Crippen MR) is 60.9 cm³/mol. The summed E-state index contributed by atoms with van der Waals surface area (Å²) in [6.07, 6.45) is 1.15. The summed E-state index contributed by atoms with van der Waals surface area (Å²) in [6, 6.07) is 8.25. The summed E-state index contributed by atoms with van der Waals surface area (Å²) in [5, 5.41) is 0. The topological polar surface area (TPSA) is 9.23 Å². The van der Waals surface area contributed by atoms with E-state index in [2.05, 4.69) is 44.0 Å². The van der Waals surface area contributed by atoms with Gasteiger partial charge in [-0.3, -0.25) is 0 Å². The first-order chi connectivity index (χ1) is 6.13. The summed E-state index contributed by atoms with van der Waals surface area (Å²) in [4.78, 5) is 0. The van der Waals surface area contributed by atoms with E-state index in [4.69, 9.17) is 4.74 Å². The fraction of sp³-hybridized carbons (Fsp3) is 0.400. The highest BCUT2D eigenvalue weighted by atomic mass is 79.9. The second-order valence-electron chi connectivity index (χ2n) is 3.29. The molecule has 0 radical (unpaired) electrons. The molecule has 70 valence electrons. The number of hydrogen-bond acceptors (Lipinski definition) is 1. The summed E-state index contributed by atoms with van der Waals surface area (Å²) >= 11 is 7.22. The van der Waals surface area contributed by atoms with Gasteiger partial charge in [0.15, 0.2) is 0 Å². The molecule has 1 aromatic carbocycles. The number of rotatable bonds is 2. The standard InChI is InChI=1S/C10H10Br2O/c1-13-8-4-2-7(3-5-8)9-6-10(9,11)12/h2-5,9H,6H2,1H3. The Labute approximate surface area is 94.7 Å². The van der Waals surface area contributed by atoms with Gasteiger partial charge in [-0.2, -0.15) is 0 Å². The molecule has 2 rings (SSSR count). The summed E-state index contributed by atoms with van der Waals surface area (Å²) in [5.41, 5.74) is 1.36. The second kappa shape index (κ2) is 3.28. The first kappa shape index (κ1) is 9.53. The summed E-state index contributed by atoms with van der Waals surface area (Å²) < 4.78 is 5.25.